The summed E-state index contributed by atoms with van der Waals surface area (Å²) in [4.78, 5) is 25.2. The quantitative estimate of drug-likeness (QED) is 0.267. The monoisotopic (exact) mass is 534 g/mol. The van der Waals surface area contributed by atoms with Crippen LogP contribution in [0.3, 0.4) is 0 Å². The van der Waals surface area contributed by atoms with Crippen LogP contribution in [0.4, 0.5) is 4.39 Å². The molecule has 4 heterocycles. The summed E-state index contributed by atoms with van der Waals surface area (Å²) in [5.74, 6) is -0.491. The van der Waals surface area contributed by atoms with Gasteiger partial charge in [0, 0.05) is 51.0 Å². The van der Waals surface area contributed by atoms with E-state index < -0.39 is 11.4 Å². The van der Waals surface area contributed by atoms with Crippen molar-refractivity contribution >= 4 is 50.9 Å². The Bertz CT molecular complexity index is 1720. The minimum atomic E-state index is -1.02. The van der Waals surface area contributed by atoms with Crippen LogP contribution in [0.2, 0.25) is 10.0 Å². The second-order valence-corrected chi connectivity index (χ2v) is 10.5. The third-order valence-corrected chi connectivity index (χ3v) is 7.34. The SMILES string of the molecule is CC(C)(NC(=O)c1cnc2c(c1)C(c1cnc3ccc(Cl)cc3c1)CO2)c1cc2c(Cl)c[nH]c2cc1F. The molecule has 0 bridgehead atoms. The lowest BCUT2D eigenvalue weighted by Crippen LogP contribution is -2.41. The number of pyridine rings is 2. The van der Waals surface area contributed by atoms with E-state index in [1.807, 2.05) is 18.2 Å². The molecule has 0 saturated heterocycles. The highest BCUT2D eigenvalue weighted by molar-refractivity contribution is 6.35. The van der Waals surface area contributed by atoms with Gasteiger partial charge in [0.2, 0.25) is 5.88 Å². The molecule has 2 N–H and O–H groups in total. The van der Waals surface area contributed by atoms with Gasteiger partial charge in [0.15, 0.2) is 0 Å². The highest BCUT2D eigenvalue weighted by Gasteiger charge is 2.31. The van der Waals surface area contributed by atoms with Crippen molar-refractivity contribution in [3.05, 3.63) is 99.2 Å². The predicted octanol–water partition coefficient (Wildman–Crippen LogP) is 6.75. The summed E-state index contributed by atoms with van der Waals surface area (Å²) in [6.07, 6.45) is 4.88. The van der Waals surface area contributed by atoms with E-state index in [1.165, 1.54) is 12.3 Å². The van der Waals surface area contributed by atoms with Crippen molar-refractivity contribution in [2.24, 2.45) is 0 Å². The minimum Gasteiger partial charge on any atom is -0.476 e. The van der Waals surface area contributed by atoms with Gasteiger partial charge >= 0.3 is 0 Å². The number of halogens is 3. The molecule has 1 aliphatic rings. The van der Waals surface area contributed by atoms with Crippen LogP contribution in [0, 0.1) is 5.82 Å². The molecule has 186 valence electrons. The molecule has 0 saturated carbocycles. The maximum absolute atomic E-state index is 15.0. The van der Waals surface area contributed by atoms with E-state index in [-0.39, 0.29) is 11.8 Å². The average molecular weight is 535 g/mol. The molecule has 1 aliphatic heterocycles. The summed E-state index contributed by atoms with van der Waals surface area (Å²) < 4.78 is 20.8. The van der Waals surface area contributed by atoms with Crippen molar-refractivity contribution in [1.29, 1.82) is 0 Å². The highest BCUT2D eigenvalue weighted by atomic mass is 35.5. The first-order chi connectivity index (χ1) is 17.7. The van der Waals surface area contributed by atoms with Crippen LogP contribution in [-0.4, -0.2) is 27.5 Å². The van der Waals surface area contributed by atoms with Crippen LogP contribution in [0.1, 0.15) is 46.8 Å². The van der Waals surface area contributed by atoms with E-state index in [0.29, 0.717) is 44.6 Å². The van der Waals surface area contributed by atoms with E-state index >= 15 is 0 Å². The Kier molecular flexibility index (Phi) is 5.58. The van der Waals surface area contributed by atoms with Gasteiger partial charge in [0.05, 0.1) is 27.6 Å². The molecule has 9 heteroatoms. The molecule has 2 aromatic carbocycles. The number of benzene rings is 2. The Balaban J connectivity index is 1.30. The van der Waals surface area contributed by atoms with Gasteiger partial charge in [0.25, 0.3) is 5.91 Å². The Morgan fingerprint density at radius 3 is 2.81 bits per heavy atom. The fraction of sp³-hybridized carbons (Fsp3) is 0.179. The first-order valence-electron chi connectivity index (χ1n) is 11.7. The van der Waals surface area contributed by atoms with Crippen molar-refractivity contribution in [2.75, 3.05) is 6.61 Å². The number of fused-ring (bicyclic) bond motifs is 3. The minimum absolute atomic E-state index is 0.144. The fourth-order valence-electron chi connectivity index (χ4n) is 4.81. The highest BCUT2D eigenvalue weighted by Crippen LogP contribution is 2.38. The predicted molar refractivity (Wildman–Crippen MR) is 142 cm³/mol. The van der Waals surface area contributed by atoms with Crippen LogP contribution >= 0.6 is 23.2 Å². The summed E-state index contributed by atoms with van der Waals surface area (Å²) in [5, 5.41) is 5.66. The lowest BCUT2D eigenvalue weighted by Gasteiger charge is -2.27. The number of aromatic amines is 1. The van der Waals surface area contributed by atoms with Gasteiger partial charge in [-0.2, -0.15) is 0 Å². The normalized spacial score (nSPS) is 15.1. The second-order valence-electron chi connectivity index (χ2n) is 9.68. The topological polar surface area (TPSA) is 79.9 Å². The van der Waals surface area contributed by atoms with Crippen LogP contribution in [0.5, 0.6) is 5.88 Å². The summed E-state index contributed by atoms with van der Waals surface area (Å²) in [5.41, 5.74) is 2.81. The van der Waals surface area contributed by atoms with Crippen molar-refractivity contribution < 1.29 is 13.9 Å². The molecule has 37 heavy (non-hydrogen) atoms. The van der Waals surface area contributed by atoms with E-state index in [2.05, 4.69) is 20.3 Å². The second kappa shape index (κ2) is 8.71. The van der Waals surface area contributed by atoms with E-state index in [9.17, 15) is 9.18 Å². The molecule has 6 rings (SSSR count). The van der Waals surface area contributed by atoms with Crippen LogP contribution in [0.15, 0.2) is 61.1 Å². The molecule has 0 aliphatic carbocycles. The molecule has 0 radical (unpaired) electrons. The number of nitrogens with zero attached hydrogens (tertiary/aromatic N) is 2. The number of hydrogen-bond donors (Lipinski definition) is 2. The van der Waals surface area contributed by atoms with Crippen molar-refractivity contribution in [3.63, 3.8) is 0 Å². The number of amides is 1. The molecule has 1 unspecified atom stereocenters. The van der Waals surface area contributed by atoms with Crippen LogP contribution < -0.4 is 10.1 Å². The molecular weight excluding hydrogens is 514 g/mol. The molecule has 5 aromatic rings. The van der Waals surface area contributed by atoms with Crippen molar-refractivity contribution in [3.8, 4) is 5.88 Å². The number of aromatic nitrogens is 3. The number of nitrogens with one attached hydrogen (secondary N) is 2. The molecule has 1 atom stereocenters. The lowest BCUT2D eigenvalue weighted by atomic mass is 9.91. The first kappa shape index (κ1) is 23.7. The maximum atomic E-state index is 15.0. The Hall–Kier alpha value is -3.68. The number of H-pyrrole nitrogens is 1. The Morgan fingerprint density at radius 1 is 1.14 bits per heavy atom. The maximum Gasteiger partial charge on any atom is 0.253 e. The largest absolute Gasteiger partial charge is 0.476 e. The summed E-state index contributed by atoms with van der Waals surface area (Å²) >= 11 is 12.4. The summed E-state index contributed by atoms with van der Waals surface area (Å²) in [6.45, 7) is 3.87. The Labute approximate surface area is 221 Å². The van der Waals surface area contributed by atoms with Gasteiger partial charge in [-0.15, -0.1) is 0 Å². The van der Waals surface area contributed by atoms with Gasteiger partial charge < -0.3 is 15.0 Å². The van der Waals surface area contributed by atoms with Gasteiger partial charge in [0.1, 0.15) is 12.4 Å². The number of carbonyl (C=O) groups excluding carboxylic acids is 1. The lowest BCUT2D eigenvalue weighted by molar-refractivity contribution is 0.0910. The standard InChI is InChI=1S/C28H21Cl2FN4O2/c1-28(2,21-8-19-22(30)12-33-25(19)9-23(21)31)35-26(36)16-7-18-20(13-37-27(18)34-11-16)15-5-14-6-17(29)3-4-24(14)32-10-15/h3-12,20,33H,13H2,1-2H3,(H,35,36). The van der Waals surface area contributed by atoms with Gasteiger partial charge in [-0.05, 0) is 61.9 Å². The summed E-state index contributed by atoms with van der Waals surface area (Å²) in [6, 6.07) is 12.4. The van der Waals surface area contributed by atoms with Gasteiger partial charge in [-0.1, -0.05) is 23.2 Å². The van der Waals surface area contributed by atoms with Crippen LogP contribution in [-0.2, 0) is 5.54 Å². The molecule has 1 amide bonds. The van der Waals surface area contributed by atoms with E-state index in [0.717, 1.165) is 22.0 Å². The zero-order valence-corrected chi connectivity index (χ0v) is 21.4. The Morgan fingerprint density at radius 2 is 1.97 bits per heavy atom. The molecule has 6 nitrogen and oxygen atoms in total. The third-order valence-electron chi connectivity index (χ3n) is 6.79. The first-order valence-corrected chi connectivity index (χ1v) is 12.4. The molecular formula is C28H21Cl2FN4O2. The van der Waals surface area contributed by atoms with Crippen LogP contribution in [0.25, 0.3) is 21.8 Å². The van der Waals surface area contributed by atoms with Gasteiger partial charge in [-0.3, -0.25) is 9.78 Å². The van der Waals surface area contributed by atoms with Gasteiger partial charge in [-0.25, -0.2) is 9.37 Å². The smallest absolute Gasteiger partial charge is 0.253 e. The fourth-order valence-corrected chi connectivity index (χ4v) is 5.20. The van der Waals surface area contributed by atoms with Crippen molar-refractivity contribution in [2.45, 2.75) is 25.3 Å². The number of ether oxygens (including phenoxy) is 1. The molecule has 3 aromatic heterocycles. The van der Waals surface area contributed by atoms with E-state index in [1.54, 1.807) is 44.4 Å². The number of rotatable bonds is 4. The summed E-state index contributed by atoms with van der Waals surface area (Å²) in [7, 11) is 0. The third kappa shape index (κ3) is 4.18. The van der Waals surface area contributed by atoms with E-state index in [4.69, 9.17) is 27.9 Å². The zero-order valence-electron chi connectivity index (χ0n) is 19.9. The zero-order chi connectivity index (χ0) is 25.9. The number of hydrogen-bond acceptors (Lipinski definition) is 4. The van der Waals surface area contributed by atoms with Crippen molar-refractivity contribution in [1.82, 2.24) is 20.3 Å². The average Bonchev–Trinajstić information content (AvgIpc) is 3.45. The molecule has 0 fully saturated rings. The number of carbonyl (C=O) groups is 1. The molecule has 0 spiro atoms.